The van der Waals surface area contributed by atoms with Crippen LogP contribution in [0.4, 0.5) is 0 Å². The molecule has 1 N–H and O–H groups in total. The average molecular weight is 253 g/mol. The number of likely N-dealkylation sites (tertiary alicyclic amines) is 1. The summed E-state index contributed by atoms with van der Waals surface area (Å²) in [6.45, 7) is 6.98. The largest absolute Gasteiger partial charge is 0.481 e. The fourth-order valence-electron chi connectivity index (χ4n) is 3.75. The molecule has 2 aliphatic rings. The first-order valence-electron chi connectivity index (χ1n) is 7.52. The zero-order valence-corrected chi connectivity index (χ0v) is 11.8. The summed E-state index contributed by atoms with van der Waals surface area (Å²) in [7, 11) is 0. The van der Waals surface area contributed by atoms with Crippen LogP contribution in [0.5, 0.6) is 0 Å². The normalized spacial score (nSPS) is 35.6. The van der Waals surface area contributed by atoms with Gasteiger partial charge in [-0.3, -0.25) is 4.79 Å². The van der Waals surface area contributed by atoms with E-state index in [0.29, 0.717) is 12.3 Å². The van der Waals surface area contributed by atoms with Crippen LogP contribution < -0.4 is 0 Å². The first-order chi connectivity index (χ1) is 8.56. The standard InChI is InChI=1S/C15H27NO2/c1-11-3-4-12(2)14(9-11)16-7-5-13(6-8-16)10-15(17)18/h11-14H,3-10H2,1-2H3,(H,17,18). The molecule has 104 valence electrons. The molecule has 18 heavy (non-hydrogen) atoms. The number of nitrogens with zero attached hydrogens (tertiary/aromatic N) is 1. The molecule has 0 radical (unpaired) electrons. The zero-order chi connectivity index (χ0) is 13.1. The van der Waals surface area contributed by atoms with Crippen molar-refractivity contribution in [3.8, 4) is 0 Å². The van der Waals surface area contributed by atoms with E-state index in [0.717, 1.165) is 43.8 Å². The Morgan fingerprint density at radius 3 is 2.44 bits per heavy atom. The lowest BCUT2D eigenvalue weighted by Crippen LogP contribution is -2.47. The third-order valence-electron chi connectivity index (χ3n) is 5.00. The van der Waals surface area contributed by atoms with Crippen LogP contribution in [0.2, 0.25) is 0 Å². The SMILES string of the molecule is CC1CCC(C)C(N2CCC(CC(=O)O)CC2)C1. The van der Waals surface area contributed by atoms with E-state index in [1.165, 1.54) is 19.3 Å². The Labute approximate surface area is 111 Å². The Hall–Kier alpha value is -0.570. The molecule has 1 aliphatic heterocycles. The van der Waals surface area contributed by atoms with Crippen LogP contribution in [0.3, 0.4) is 0 Å². The number of carboxylic acid groups (broad SMARTS) is 1. The highest BCUT2D eigenvalue weighted by Gasteiger charge is 2.32. The van der Waals surface area contributed by atoms with Gasteiger partial charge in [0.2, 0.25) is 0 Å². The minimum absolute atomic E-state index is 0.366. The summed E-state index contributed by atoms with van der Waals surface area (Å²) in [4.78, 5) is 13.4. The monoisotopic (exact) mass is 253 g/mol. The number of carboxylic acids is 1. The smallest absolute Gasteiger partial charge is 0.303 e. The molecule has 3 heteroatoms. The molecule has 0 spiro atoms. The summed E-state index contributed by atoms with van der Waals surface area (Å²) in [5, 5.41) is 8.84. The van der Waals surface area contributed by atoms with Crippen molar-refractivity contribution in [2.75, 3.05) is 13.1 Å². The predicted octanol–water partition coefficient (Wildman–Crippen LogP) is 3.00. The molecule has 1 saturated carbocycles. The van der Waals surface area contributed by atoms with E-state index < -0.39 is 5.97 Å². The topological polar surface area (TPSA) is 40.5 Å². The van der Waals surface area contributed by atoms with Crippen molar-refractivity contribution in [1.82, 2.24) is 4.90 Å². The van der Waals surface area contributed by atoms with Crippen molar-refractivity contribution in [2.45, 2.75) is 58.4 Å². The molecule has 3 atom stereocenters. The minimum atomic E-state index is -0.631. The summed E-state index contributed by atoms with van der Waals surface area (Å²) >= 11 is 0. The second-order valence-electron chi connectivity index (χ2n) is 6.54. The molecular formula is C15H27NO2. The number of hydrogen-bond acceptors (Lipinski definition) is 2. The van der Waals surface area contributed by atoms with Gasteiger partial charge in [0.25, 0.3) is 0 Å². The van der Waals surface area contributed by atoms with Gasteiger partial charge in [-0.2, -0.15) is 0 Å². The zero-order valence-electron chi connectivity index (χ0n) is 11.8. The lowest BCUT2D eigenvalue weighted by atomic mass is 9.78. The van der Waals surface area contributed by atoms with E-state index >= 15 is 0 Å². The molecule has 3 nitrogen and oxygen atoms in total. The lowest BCUT2D eigenvalue weighted by molar-refractivity contribution is -0.138. The van der Waals surface area contributed by atoms with E-state index in [2.05, 4.69) is 18.7 Å². The van der Waals surface area contributed by atoms with Crippen molar-refractivity contribution < 1.29 is 9.90 Å². The van der Waals surface area contributed by atoms with Crippen molar-refractivity contribution in [3.05, 3.63) is 0 Å². The van der Waals surface area contributed by atoms with E-state index in [-0.39, 0.29) is 0 Å². The number of rotatable bonds is 3. The summed E-state index contributed by atoms with van der Waals surface area (Å²) < 4.78 is 0. The third kappa shape index (κ3) is 3.47. The molecule has 3 unspecified atom stereocenters. The molecule has 1 aliphatic carbocycles. The Morgan fingerprint density at radius 1 is 1.17 bits per heavy atom. The van der Waals surface area contributed by atoms with Gasteiger partial charge in [0, 0.05) is 12.5 Å². The maximum atomic E-state index is 10.7. The molecule has 0 amide bonds. The number of carbonyl (C=O) groups is 1. The summed E-state index contributed by atoms with van der Waals surface area (Å²) in [6.07, 6.45) is 6.59. The first-order valence-corrected chi connectivity index (χ1v) is 7.52. The summed E-state index contributed by atoms with van der Waals surface area (Å²) in [5.41, 5.74) is 0. The molecule has 0 bridgehead atoms. The fourth-order valence-corrected chi connectivity index (χ4v) is 3.75. The first kappa shape index (κ1) is 13.9. The summed E-state index contributed by atoms with van der Waals surface area (Å²) in [6, 6.07) is 0.750. The Balaban J connectivity index is 1.83. The van der Waals surface area contributed by atoms with Gasteiger partial charge in [0.15, 0.2) is 0 Å². The van der Waals surface area contributed by atoms with Gasteiger partial charge in [-0.05, 0) is 56.5 Å². The maximum absolute atomic E-state index is 10.7. The van der Waals surface area contributed by atoms with E-state index in [9.17, 15) is 4.79 Å². The number of hydrogen-bond donors (Lipinski definition) is 1. The molecule has 1 heterocycles. The second kappa shape index (κ2) is 6.05. The maximum Gasteiger partial charge on any atom is 0.303 e. The third-order valence-corrected chi connectivity index (χ3v) is 5.00. The second-order valence-corrected chi connectivity index (χ2v) is 6.54. The van der Waals surface area contributed by atoms with Crippen LogP contribution in [0.15, 0.2) is 0 Å². The van der Waals surface area contributed by atoms with Crippen LogP contribution in [0.1, 0.15) is 52.4 Å². The quantitative estimate of drug-likeness (QED) is 0.840. The highest BCUT2D eigenvalue weighted by molar-refractivity contribution is 5.67. The number of aliphatic carboxylic acids is 1. The molecule has 0 aromatic rings. The number of piperidine rings is 1. The van der Waals surface area contributed by atoms with Crippen LogP contribution in [-0.4, -0.2) is 35.1 Å². The highest BCUT2D eigenvalue weighted by Crippen LogP contribution is 2.34. The molecule has 2 rings (SSSR count). The average Bonchev–Trinajstić information content (AvgIpc) is 2.33. The van der Waals surface area contributed by atoms with Crippen molar-refractivity contribution in [1.29, 1.82) is 0 Å². The Kier molecular flexibility index (Phi) is 4.66. The van der Waals surface area contributed by atoms with Crippen molar-refractivity contribution in [2.24, 2.45) is 17.8 Å². The van der Waals surface area contributed by atoms with Crippen molar-refractivity contribution >= 4 is 5.97 Å². The van der Waals surface area contributed by atoms with E-state index in [1.54, 1.807) is 0 Å². The molecule has 1 saturated heterocycles. The molecular weight excluding hydrogens is 226 g/mol. The lowest BCUT2D eigenvalue weighted by Gasteiger charge is -2.43. The Bertz CT molecular complexity index is 284. The van der Waals surface area contributed by atoms with Crippen LogP contribution in [-0.2, 0) is 4.79 Å². The van der Waals surface area contributed by atoms with Gasteiger partial charge in [-0.1, -0.05) is 20.3 Å². The minimum Gasteiger partial charge on any atom is -0.481 e. The fraction of sp³-hybridized carbons (Fsp3) is 0.933. The Morgan fingerprint density at radius 2 is 1.83 bits per heavy atom. The van der Waals surface area contributed by atoms with Crippen LogP contribution >= 0.6 is 0 Å². The highest BCUT2D eigenvalue weighted by atomic mass is 16.4. The molecule has 0 aromatic carbocycles. The van der Waals surface area contributed by atoms with Gasteiger partial charge < -0.3 is 10.0 Å². The van der Waals surface area contributed by atoms with Gasteiger partial charge in [-0.25, -0.2) is 0 Å². The molecule has 2 fully saturated rings. The van der Waals surface area contributed by atoms with E-state index in [4.69, 9.17) is 5.11 Å². The van der Waals surface area contributed by atoms with Crippen LogP contribution in [0, 0.1) is 17.8 Å². The van der Waals surface area contributed by atoms with Gasteiger partial charge >= 0.3 is 5.97 Å². The van der Waals surface area contributed by atoms with Crippen molar-refractivity contribution in [3.63, 3.8) is 0 Å². The molecule has 0 aromatic heterocycles. The van der Waals surface area contributed by atoms with Gasteiger partial charge in [0.05, 0.1) is 0 Å². The van der Waals surface area contributed by atoms with Gasteiger partial charge in [-0.15, -0.1) is 0 Å². The van der Waals surface area contributed by atoms with E-state index in [1.807, 2.05) is 0 Å². The van der Waals surface area contributed by atoms with Gasteiger partial charge in [0.1, 0.15) is 0 Å². The summed E-state index contributed by atoms with van der Waals surface area (Å²) in [5.74, 6) is 1.46. The predicted molar refractivity (Wildman–Crippen MR) is 72.5 cm³/mol. The van der Waals surface area contributed by atoms with Crippen LogP contribution in [0.25, 0.3) is 0 Å².